The summed E-state index contributed by atoms with van der Waals surface area (Å²) in [5.41, 5.74) is 2.17. The van der Waals surface area contributed by atoms with Crippen LogP contribution in [0, 0.1) is 6.92 Å². The van der Waals surface area contributed by atoms with Crippen LogP contribution in [0.4, 0.5) is 17.2 Å². The van der Waals surface area contributed by atoms with Crippen molar-refractivity contribution in [2.24, 2.45) is 0 Å². The number of para-hydroxylation sites is 1. The maximum Gasteiger partial charge on any atom is 0.212 e. The number of aromatic nitrogens is 1. The molecule has 0 spiro atoms. The topological polar surface area (TPSA) is 67.3 Å². The first-order valence-electron chi connectivity index (χ1n) is 7.66. The summed E-state index contributed by atoms with van der Waals surface area (Å²) in [7, 11) is -5.15. The molecule has 124 valence electrons. The molecule has 1 unspecified atom stereocenters. The Morgan fingerprint density at radius 2 is 1.80 bits per heavy atom. The zero-order valence-corrected chi connectivity index (χ0v) is 14.8. The van der Waals surface area contributed by atoms with Gasteiger partial charge in [0.25, 0.3) is 0 Å². The van der Waals surface area contributed by atoms with Crippen molar-refractivity contribution in [3.05, 3.63) is 60.3 Å². The van der Waals surface area contributed by atoms with Crippen LogP contribution in [0.15, 0.2) is 74.3 Å². The molecule has 0 radical (unpaired) electrons. The lowest BCUT2D eigenvalue weighted by atomic mass is 10.1. The van der Waals surface area contributed by atoms with Gasteiger partial charge in [0, 0.05) is 6.20 Å². The van der Waals surface area contributed by atoms with E-state index < -0.39 is 20.6 Å². The predicted molar refractivity (Wildman–Crippen MR) is 93.8 cm³/mol. The van der Waals surface area contributed by atoms with Gasteiger partial charge in [0.05, 0.1) is 36.9 Å². The van der Waals surface area contributed by atoms with E-state index in [0.29, 0.717) is 27.0 Å². The van der Waals surface area contributed by atoms with E-state index in [1.807, 2.05) is 30.0 Å². The first-order chi connectivity index (χ1) is 12.0. The number of hydrogen-bond donors (Lipinski definition) is 0. The van der Waals surface area contributed by atoms with Crippen LogP contribution in [0.2, 0.25) is 0 Å². The quantitative estimate of drug-likeness (QED) is 0.419. The summed E-state index contributed by atoms with van der Waals surface area (Å²) in [6.45, 7) is 1.95. The number of hydrogen-bond acceptors (Lipinski definition) is 5. The van der Waals surface area contributed by atoms with Crippen LogP contribution in [0.5, 0.6) is 0 Å². The van der Waals surface area contributed by atoms with Crippen LogP contribution >= 0.6 is 0 Å². The van der Waals surface area contributed by atoms with E-state index in [-0.39, 0.29) is 9.79 Å². The second kappa shape index (κ2) is 4.77. The Hall–Kier alpha value is -2.51. The Balaban J connectivity index is 1.99. The molecule has 0 bridgehead atoms. The summed E-state index contributed by atoms with van der Waals surface area (Å²) in [4.78, 5) is 7.66. The molecule has 2 aromatic carbocycles. The van der Waals surface area contributed by atoms with Crippen molar-refractivity contribution in [3.8, 4) is 0 Å². The Morgan fingerprint density at radius 1 is 1.00 bits per heavy atom. The lowest BCUT2D eigenvalue weighted by molar-refractivity contribution is 0.594. The largest absolute Gasteiger partial charge is 0.290 e. The highest BCUT2D eigenvalue weighted by atomic mass is 32.2. The van der Waals surface area contributed by atoms with Crippen molar-refractivity contribution in [2.75, 3.05) is 4.90 Å². The molecule has 0 amide bonds. The van der Waals surface area contributed by atoms with Crippen molar-refractivity contribution in [1.82, 2.24) is 4.98 Å². The number of benzene rings is 2. The predicted octanol–water partition coefficient (Wildman–Crippen LogP) is 3.49. The number of sulfone groups is 1. The molecule has 0 N–H and O–H groups in total. The minimum Gasteiger partial charge on any atom is -0.290 e. The molecule has 5 rings (SSSR count). The monoisotopic (exact) mass is 368 g/mol. The highest BCUT2D eigenvalue weighted by Crippen LogP contribution is 2.54. The molecule has 3 heterocycles. The van der Waals surface area contributed by atoms with Gasteiger partial charge in [-0.3, -0.25) is 4.90 Å². The summed E-state index contributed by atoms with van der Waals surface area (Å²) in [6.07, 6.45) is 1.57. The van der Waals surface area contributed by atoms with Gasteiger partial charge in [0.15, 0.2) is 5.82 Å². The van der Waals surface area contributed by atoms with E-state index in [9.17, 15) is 12.6 Å². The molecule has 25 heavy (non-hydrogen) atoms. The smallest absolute Gasteiger partial charge is 0.212 e. The van der Waals surface area contributed by atoms with Crippen molar-refractivity contribution in [2.45, 2.75) is 26.5 Å². The molecule has 0 saturated heterocycles. The Kier molecular flexibility index (Phi) is 2.82. The third-order valence-corrected chi connectivity index (χ3v) is 7.76. The van der Waals surface area contributed by atoms with Gasteiger partial charge in [-0.25, -0.2) is 17.6 Å². The first kappa shape index (κ1) is 14.8. The summed E-state index contributed by atoms with van der Waals surface area (Å²) in [5, 5.41) is 0. The van der Waals surface area contributed by atoms with Crippen LogP contribution in [-0.4, -0.2) is 17.6 Å². The number of nitrogens with zero attached hydrogens (tertiary/aromatic N) is 2. The van der Waals surface area contributed by atoms with E-state index in [0.717, 1.165) is 5.56 Å². The van der Waals surface area contributed by atoms with Crippen LogP contribution in [0.1, 0.15) is 5.56 Å². The maximum atomic E-state index is 13.1. The van der Waals surface area contributed by atoms with Crippen LogP contribution in [-0.2, 0) is 20.6 Å². The number of fused-ring (bicyclic) bond motifs is 4. The van der Waals surface area contributed by atoms with Crippen LogP contribution in [0.3, 0.4) is 0 Å². The van der Waals surface area contributed by atoms with Crippen LogP contribution < -0.4 is 4.90 Å². The SMILES string of the molecule is Cc1ccc2c(c1)N1c3ncccc3S(=O)(=O)c3cccc(c31)S2=O. The van der Waals surface area contributed by atoms with E-state index in [4.69, 9.17) is 0 Å². The minimum atomic E-state index is -3.71. The van der Waals surface area contributed by atoms with Crippen molar-refractivity contribution >= 4 is 37.8 Å². The number of anilines is 3. The zero-order chi connectivity index (χ0) is 17.3. The Labute approximate surface area is 147 Å². The second-order valence-electron chi connectivity index (χ2n) is 6.01. The Morgan fingerprint density at radius 3 is 2.64 bits per heavy atom. The molecule has 2 aliphatic heterocycles. The third-order valence-electron chi connectivity index (χ3n) is 4.48. The summed E-state index contributed by atoms with van der Waals surface area (Å²) >= 11 is 0. The number of rotatable bonds is 0. The molecule has 3 aromatic rings. The molecule has 1 atom stereocenters. The van der Waals surface area contributed by atoms with E-state index in [1.54, 1.807) is 36.5 Å². The van der Waals surface area contributed by atoms with Crippen molar-refractivity contribution in [3.63, 3.8) is 0 Å². The van der Waals surface area contributed by atoms with Gasteiger partial charge in [0.1, 0.15) is 4.90 Å². The lowest BCUT2D eigenvalue weighted by Gasteiger charge is -2.37. The molecule has 5 nitrogen and oxygen atoms in total. The molecule has 2 aliphatic rings. The summed E-state index contributed by atoms with van der Waals surface area (Å²) in [6, 6.07) is 13.8. The number of pyridine rings is 1. The highest BCUT2D eigenvalue weighted by molar-refractivity contribution is 7.92. The average molecular weight is 368 g/mol. The summed E-state index contributed by atoms with van der Waals surface area (Å²) in [5.74, 6) is 0.353. The van der Waals surface area contributed by atoms with Gasteiger partial charge in [-0.15, -0.1) is 0 Å². The molecule has 1 aromatic heterocycles. The molecule has 0 saturated carbocycles. The standard InChI is InChI=1S/C18H12N2O3S2/c1-11-7-8-13-12(10-11)20-17-14(24(13)21)4-2-5-15(17)25(22,23)16-6-3-9-19-18(16)20/h2-10H,1H3. The second-order valence-corrected chi connectivity index (χ2v) is 9.31. The van der Waals surface area contributed by atoms with Gasteiger partial charge >= 0.3 is 0 Å². The lowest BCUT2D eigenvalue weighted by Crippen LogP contribution is -2.28. The number of aryl methyl sites for hydroxylation is 1. The first-order valence-corrected chi connectivity index (χ1v) is 10.3. The maximum absolute atomic E-state index is 13.1. The molecular weight excluding hydrogens is 356 g/mol. The molecule has 7 heteroatoms. The van der Waals surface area contributed by atoms with Gasteiger partial charge in [-0.05, 0) is 48.9 Å². The minimum absolute atomic E-state index is 0.166. The Bertz CT molecular complexity index is 1200. The summed E-state index contributed by atoms with van der Waals surface area (Å²) < 4.78 is 39.2. The van der Waals surface area contributed by atoms with Crippen molar-refractivity contribution in [1.29, 1.82) is 0 Å². The molecule has 0 aliphatic carbocycles. The molecule has 0 fully saturated rings. The molecular formula is C18H12N2O3S2. The average Bonchev–Trinajstić information content (AvgIpc) is 2.61. The fraction of sp³-hybridized carbons (Fsp3) is 0.0556. The fourth-order valence-electron chi connectivity index (χ4n) is 3.39. The van der Waals surface area contributed by atoms with Crippen molar-refractivity contribution < 1.29 is 12.6 Å². The van der Waals surface area contributed by atoms with Gasteiger partial charge in [0.2, 0.25) is 9.84 Å². The third kappa shape index (κ3) is 1.79. The highest BCUT2D eigenvalue weighted by Gasteiger charge is 2.42. The van der Waals surface area contributed by atoms with E-state index >= 15 is 0 Å². The van der Waals surface area contributed by atoms with Gasteiger partial charge in [-0.2, -0.15) is 0 Å². The van der Waals surface area contributed by atoms with E-state index in [2.05, 4.69) is 4.98 Å². The van der Waals surface area contributed by atoms with E-state index in [1.165, 1.54) is 0 Å². The fourth-order valence-corrected chi connectivity index (χ4v) is 6.39. The van der Waals surface area contributed by atoms with Crippen LogP contribution in [0.25, 0.3) is 0 Å². The van der Waals surface area contributed by atoms with Gasteiger partial charge < -0.3 is 0 Å². The zero-order valence-electron chi connectivity index (χ0n) is 13.1. The van der Waals surface area contributed by atoms with Gasteiger partial charge in [-0.1, -0.05) is 12.1 Å². The normalized spacial score (nSPS) is 18.9.